The highest BCUT2D eigenvalue weighted by atomic mass is 79.9. The van der Waals surface area contributed by atoms with E-state index in [4.69, 9.17) is 0 Å². The fraction of sp³-hybridized carbons (Fsp3) is 0.286. The molecule has 1 unspecified atom stereocenters. The van der Waals surface area contributed by atoms with Gasteiger partial charge in [-0.25, -0.2) is 0 Å². The van der Waals surface area contributed by atoms with Crippen LogP contribution in [0.4, 0.5) is 8.78 Å². The predicted molar refractivity (Wildman–Crippen MR) is 88.3 cm³/mol. The summed E-state index contributed by atoms with van der Waals surface area (Å²) in [5.74, 6) is 0.163. The van der Waals surface area contributed by atoms with Crippen LogP contribution in [0.3, 0.4) is 0 Å². The lowest BCUT2D eigenvalue weighted by molar-refractivity contribution is -0.0498. The van der Waals surface area contributed by atoms with Crippen molar-refractivity contribution in [2.75, 3.05) is 6.54 Å². The number of benzene rings is 1. The molecule has 7 heteroatoms. The van der Waals surface area contributed by atoms with Gasteiger partial charge in [0, 0.05) is 0 Å². The summed E-state index contributed by atoms with van der Waals surface area (Å²) in [6, 6.07) is 8.70. The maximum Gasteiger partial charge on any atom is 0.387 e. The largest absolute Gasteiger partial charge is 0.435 e. The molecule has 2 aromatic rings. The number of alkyl halides is 2. The van der Waals surface area contributed by atoms with Gasteiger partial charge in [-0.3, -0.25) is 0 Å². The molecule has 21 heavy (non-hydrogen) atoms. The van der Waals surface area contributed by atoms with E-state index in [9.17, 15) is 8.78 Å². The van der Waals surface area contributed by atoms with Crippen molar-refractivity contribution < 1.29 is 13.5 Å². The van der Waals surface area contributed by atoms with E-state index in [-0.39, 0.29) is 11.8 Å². The molecule has 1 N–H and O–H groups in total. The average Bonchev–Trinajstić information content (AvgIpc) is 2.74. The Morgan fingerprint density at radius 3 is 2.62 bits per heavy atom. The van der Waals surface area contributed by atoms with E-state index >= 15 is 0 Å². The van der Waals surface area contributed by atoms with E-state index < -0.39 is 6.61 Å². The van der Waals surface area contributed by atoms with Gasteiger partial charge in [0.1, 0.15) is 5.75 Å². The van der Waals surface area contributed by atoms with Gasteiger partial charge in [-0.1, -0.05) is 19.1 Å². The molecule has 0 bridgehead atoms. The molecule has 1 atom stereocenters. The number of rotatable bonds is 6. The molecule has 1 heterocycles. The summed E-state index contributed by atoms with van der Waals surface area (Å²) < 4.78 is 31.2. The zero-order valence-corrected chi connectivity index (χ0v) is 15.1. The highest BCUT2D eigenvalue weighted by Gasteiger charge is 2.19. The summed E-state index contributed by atoms with van der Waals surface area (Å²) in [5, 5.41) is 3.36. The van der Waals surface area contributed by atoms with Gasteiger partial charge in [-0.2, -0.15) is 8.78 Å². The maximum absolute atomic E-state index is 12.3. The van der Waals surface area contributed by atoms with Crippen LogP contribution in [0.2, 0.25) is 0 Å². The minimum atomic E-state index is -2.82. The van der Waals surface area contributed by atoms with Gasteiger partial charge in [0.05, 0.1) is 13.6 Å². The van der Waals surface area contributed by atoms with E-state index in [0.717, 1.165) is 25.2 Å². The lowest BCUT2D eigenvalue weighted by Crippen LogP contribution is -2.21. The highest BCUT2D eigenvalue weighted by Crippen LogP contribution is 2.38. The van der Waals surface area contributed by atoms with Crippen molar-refractivity contribution >= 4 is 43.2 Å². The van der Waals surface area contributed by atoms with Crippen LogP contribution in [0, 0.1) is 0 Å². The predicted octanol–water partition coefficient (Wildman–Crippen LogP) is 5.57. The molecule has 0 aliphatic heterocycles. The number of nitrogens with one attached hydrogen (secondary N) is 1. The Bertz CT molecular complexity index is 606. The molecule has 2 nitrogen and oxygen atoms in total. The van der Waals surface area contributed by atoms with Gasteiger partial charge in [0.15, 0.2) is 0 Å². The number of halogens is 4. The van der Waals surface area contributed by atoms with Crippen LogP contribution >= 0.6 is 43.2 Å². The van der Waals surface area contributed by atoms with Crippen molar-refractivity contribution in [1.82, 2.24) is 5.32 Å². The smallest absolute Gasteiger partial charge is 0.387 e. The minimum absolute atomic E-state index is 0.0897. The fourth-order valence-corrected chi connectivity index (χ4v) is 4.93. The van der Waals surface area contributed by atoms with Gasteiger partial charge in [0.2, 0.25) is 0 Å². The van der Waals surface area contributed by atoms with Crippen molar-refractivity contribution in [3.63, 3.8) is 0 Å². The van der Waals surface area contributed by atoms with Crippen molar-refractivity contribution in [2.45, 2.75) is 19.6 Å². The van der Waals surface area contributed by atoms with Crippen LogP contribution < -0.4 is 10.1 Å². The summed E-state index contributed by atoms with van der Waals surface area (Å²) in [6.07, 6.45) is 0. The second kappa shape index (κ2) is 7.67. The Labute approximate surface area is 142 Å². The molecule has 0 saturated heterocycles. The Kier molecular flexibility index (Phi) is 6.16. The normalized spacial score (nSPS) is 12.7. The monoisotopic (exact) mass is 439 g/mol. The van der Waals surface area contributed by atoms with Crippen molar-refractivity contribution in [3.8, 4) is 5.75 Å². The van der Waals surface area contributed by atoms with E-state index in [0.29, 0.717) is 0 Å². The molecule has 114 valence electrons. The molecule has 0 fully saturated rings. The second-order valence-corrected chi connectivity index (χ2v) is 7.97. The number of hydrogen-bond donors (Lipinski definition) is 1. The standard InChI is InChI=1S/C14H13Br2F2NOS/c1-2-19-12(10-7-11(15)21-13(10)16)8-4-3-5-9(6-8)20-14(17)18/h3-7,12,14,19H,2H2,1H3. The molecule has 0 saturated carbocycles. The molecule has 0 aliphatic carbocycles. The topological polar surface area (TPSA) is 21.3 Å². The zero-order chi connectivity index (χ0) is 15.4. The first-order chi connectivity index (χ1) is 10.0. The van der Waals surface area contributed by atoms with Crippen molar-refractivity contribution in [1.29, 1.82) is 0 Å². The maximum atomic E-state index is 12.3. The minimum Gasteiger partial charge on any atom is -0.435 e. The fourth-order valence-electron chi connectivity index (χ4n) is 2.03. The first-order valence-electron chi connectivity index (χ1n) is 6.24. The van der Waals surface area contributed by atoms with Gasteiger partial charge in [0.25, 0.3) is 0 Å². The Morgan fingerprint density at radius 1 is 1.29 bits per heavy atom. The molecular weight excluding hydrogens is 428 g/mol. The Hall–Kier alpha value is -0.500. The number of hydrogen-bond acceptors (Lipinski definition) is 3. The summed E-state index contributed by atoms with van der Waals surface area (Å²) in [6.45, 7) is -0.0633. The molecule has 0 radical (unpaired) electrons. The third kappa shape index (κ3) is 4.48. The van der Waals surface area contributed by atoms with Crippen LogP contribution in [-0.4, -0.2) is 13.2 Å². The molecule has 1 aromatic heterocycles. The van der Waals surface area contributed by atoms with Gasteiger partial charge in [-0.05, 0) is 67.7 Å². The molecule has 0 spiro atoms. The molecule has 2 rings (SSSR count). The summed E-state index contributed by atoms with van der Waals surface area (Å²) >= 11 is 8.58. The third-order valence-electron chi connectivity index (χ3n) is 2.82. The quantitative estimate of drug-likeness (QED) is 0.633. The molecular formula is C14H13Br2F2NOS. The number of thiophene rings is 1. The Balaban J connectivity index is 2.36. The van der Waals surface area contributed by atoms with E-state index in [2.05, 4.69) is 41.9 Å². The summed E-state index contributed by atoms with van der Waals surface area (Å²) in [7, 11) is 0. The molecule has 0 amide bonds. The van der Waals surface area contributed by atoms with Crippen LogP contribution in [-0.2, 0) is 0 Å². The zero-order valence-electron chi connectivity index (χ0n) is 11.1. The van der Waals surface area contributed by atoms with Gasteiger partial charge in [-0.15, -0.1) is 11.3 Å². The van der Waals surface area contributed by atoms with Crippen LogP contribution in [0.15, 0.2) is 37.9 Å². The average molecular weight is 441 g/mol. The van der Waals surface area contributed by atoms with Crippen LogP contribution in [0.25, 0.3) is 0 Å². The van der Waals surface area contributed by atoms with Crippen LogP contribution in [0.1, 0.15) is 24.1 Å². The molecule has 1 aromatic carbocycles. The van der Waals surface area contributed by atoms with Crippen molar-refractivity contribution in [3.05, 3.63) is 49.0 Å². The third-order valence-corrected chi connectivity index (χ3v) is 5.20. The first kappa shape index (κ1) is 16.9. The van der Waals surface area contributed by atoms with E-state index in [1.165, 1.54) is 6.07 Å². The molecule has 0 aliphatic rings. The summed E-state index contributed by atoms with van der Waals surface area (Å²) in [4.78, 5) is 0. The van der Waals surface area contributed by atoms with E-state index in [1.54, 1.807) is 23.5 Å². The SMILES string of the molecule is CCNC(c1cccc(OC(F)F)c1)c1cc(Br)sc1Br. The summed E-state index contributed by atoms with van der Waals surface area (Å²) in [5.41, 5.74) is 1.93. The van der Waals surface area contributed by atoms with Crippen molar-refractivity contribution in [2.24, 2.45) is 0 Å². The van der Waals surface area contributed by atoms with Gasteiger partial charge < -0.3 is 10.1 Å². The second-order valence-electron chi connectivity index (χ2n) is 4.22. The Morgan fingerprint density at radius 2 is 2.05 bits per heavy atom. The number of ether oxygens (including phenoxy) is 1. The van der Waals surface area contributed by atoms with E-state index in [1.807, 2.05) is 19.1 Å². The van der Waals surface area contributed by atoms with Crippen LogP contribution in [0.5, 0.6) is 5.75 Å². The first-order valence-corrected chi connectivity index (χ1v) is 8.64. The lowest BCUT2D eigenvalue weighted by Gasteiger charge is -2.19. The lowest BCUT2D eigenvalue weighted by atomic mass is 10.0. The highest BCUT2D eigenvalue weighted by molar-refractivity contribution is 9.12. The van der Waals surface area contributed by atoms with Gasteiger partial charge >= 0.3 is 6.61 Å².